The molecule has 21 heavy (non-hydrogen) atoms. The number of aryl methyl sites for hydroxylation is 1. The zero-order valence-electron chi connectivity index (χ0n) is 12.2. The smallest absolute Gasteiger partial charge is 0.345 e. The third-order valence-corrected chi connectivity index (χ3v) is 6.77. The van der Waals surface area contributed by atoms with E-state index >= 15 is 0 Å². The van der Waals surface area contributed by atoms with Crippen molar-refractivity contribution in [2.75, 3.05) is 13.2 Å². The summed E-state index contributed by atoms with van der Waals surface area (Å²) in [6.45, 7) is 6.03. The summed E-state index contributed by atoms with van der Waals surface area (Å²) < 4.78 is 32.7. The highest BCUT2D eigenvalue weighted by atomic mass is 32.2. The molecule has 1 N–H and O–H groups in total. The summed E-state index contributed by atoms with van der Waals surface area (Å²) in [5.74, 6) is -1.10. The normalized spacial score (nSPS) is 24.1. The Morgan fingerprint density at radius 1 is 1.57 bits per heavy atom. The number of carbonyl (C=O) groups is 1. The van der Waals surface area contributed by atoms with Gasteiger partial charge in [-0.15, -0.1) is 11.3 Å². The van der Waals surface area contributed by atoms with E-state index in [2.05, 4.69) is 0 Å². The van der Waals surface area contributed by atoms with E-state index in [9.17, 15) is 13.2 Å². The van der Waals surface area contributed by atoms with Crippen LogP contribution in [0.4, 0.5) is 0 Å². The monoisotopic (exact) mass is 333 g/mol. The molecule has 0 aromatic carbocycles. The van der Waals surface area contributed by atoms with Crippen molar-refractivity contribution in [1.29, 1.82) is 0 Å². The third-order valence-electron chi connectivity index (χ3n) is 3.56. The number of carboxylic acid groups (broad SMARTS) is 1. The highest BCUT2D eigenvalue weighted by molar-refractivity contribution is 7.89. The zero-order valence-corrected chi connectivity index (χ0v) is 13.8. The van der Waals surface area contributed by atoms with Gasteiger partial charge in [0.15, 0.2) is 0 Å². The van der Waals surface area contributed by atoms with Crippen LogP contribution in [0.2, 0.25) is 0 Å². The van der Waals surface area contributed by atoms with E-state index < -0.39 is 16.0 Å². The van der Waals surface area contributed by atoms with Crippen LogP contribution in [0.15, 0.2) is 11.0 Å². The first-order valence-corrected chi connectivity index (χ1v) is 9.00. The van der Waals surface area contributed by atoms with Crippen molar-refractivity contribution in [3.8, 4) is 0 Å². The molecule has 8 heteroatoms. The topological polar surface area (TPSA) is 83.9 Å². The number of hydrogen-bond donors (Lipinski definition) is 1. The van der Waals surface area contributed by atoms with Crippen LogP contribution in [0, 0.1) is 6.92 Å². The van der Waals surface area contributed by atoms with Crippen molar-refractivity contribution in [3.63, 3.8) is 0 Å². The standard InChI is InChI=1S/C13H19NO5S2/c1-4-10-7-19-8(2)6-14(10)21(17,18)12-5-11(13(15)16)20-9(12)3/h5,8,10H,4,6-7H2,1-3H3,(H,15,16). The van der Waals surface area contributed by atoms with Gasteiger partial charge in [-0.25, -0.2) is 13.2 Å². The second-order valence-corrected chi connectivity index (χ2v) is 8.23. The molecule has 118 valence electrons. The van der Waals surface area contributed by atoms with Gasteiger partial charge in [-0.2, -0.15) is 4.31 Å². The Bertz CT molecular complexity index is 637. The van der Waals surface area contributed by atoms with E-state index in [1.54, 1.807) is 6.92 Å². The summed E-state index contributed by atoms with van der Waals surface area (Å²) in [4.78, 5) is 11.7. The van der Waals surface area contributed by atoms with Crippen molar-refractivity contribution in [2.24, 2.45) is 0 Å². The second-order valence-electron chi connectivity index (χ2n) is 5.12. The van der Waals surface area contributed by atoms with Crippen molar-refractivity contribution in [3.05, 3.63) is 15.8 Å². The van der Waals surface area contributed by atoms with Gasteiger partial charge in [0.1, 0.15) is 4.88 Å². The molecule has 1 aromatic rings. The first kappa shape index (κ1) is 16.4. The van der Waals surface area contributed by atoms with Crippen LogP contribution in [-0.2, 0) is 14.8 Å². The minimum absolute atomic E-state index is 0.0421. The average Bonchev–Trinajstić information content (AvgIpc) is 2.81. The van der Waals surface area contributed by atoms with E-state index in [0.717, 1.165) is 11.3 Å². The summed E-state index contributed by atoms with van der Waals surface area (Å²) >= 11 is 0.986. The predicted molar refractivity (Wildman–Crippen MR) is 79.4 cm³/mol. The van der Waals surface area contributed by atoms with Crippen molar-refractivity contribution in [2.45, 2.75) is 44.2 Å². The first-order chi connectivity index (χ1) is 9.77. The number of sulfonamides is 1. The number of hydrogen-bond acceptors (Lipinski definition) is 5. The minimum atomic E-state index is -3.70. The van der Waals surface area contributed by atoms with Crippen LogP contribution >= 0.6 is 11.3 Å². The summed E-state index contributed by atoms with van der Waals surface area (Å²) in [6.07, 6.45) is 0.487. The van der Waals surface area contributed by atoms with E-state index in [0.29, 0.717) is 24.4 Å². The lowest BCUT2D eigenvalue weighted by atomic mass is 10.2. The van der Waals surface area contributed by atoms with E-state index in [4.69, 9.17) is 9.84 Å². The maximum absolute atomic E-state index is 12.8. The molecule has 0 aliphatic carbocycles. The molecule has 2 unspecified atom stereocenters. The molecule has 2 heterocycles. The van der Waals surface area contributed by atoms with Gasteiger partial charge in [0.2, 0.25) is 10.0 Å². The Labute approximate surface area is 128 Å². The quantitative estimate of drug-likeness (QED) is 0.910. The first-order valence-electron chi connectivity index (χ1n) is 6.74. The van der Waals surface area contributed by atoms with Crippen LogP contribution in [0.3, 0.4) is 0 Å². The Hall–Kier alpha value is -0.960. The lowest BCUT2D eigenvalue weighted by molar-refractivity contribution is -0.0230. The average molecular weight is 333 g/mol. The Morgan fingerprint density at radius 3 is 2.76 bits per heavy atom. The molecule has 0 bridgehead atoms. The minimum Gasteiger partial charge on any atom is -0.477 e. The highest BCUT2D eigenvalue weighted by Gasteiger charge is 2.37. The molecule has 2 rings (SSSR count). The zero-order chi connectivity index (χ0) is 15.8. The van der Waals surface area contributed by atoms with Gasteiger partial charge in [-0.3, -0.25) is 0 Å². The van der Waals surface area contributed by atoms with Gasteiger partial charge in [-0.05, 0) is 26.3 Å². The van der Waals surface area contributed by atoms with Crippen LogP contribution < -0.4 is 0 Å². The molecule has 1 aliphatic heterocycles. The fraction of sp³-hybridized carbons (Fsp3) is 0.615. The fourth-order valence-corrected chi connectivity index (χ4v) is 5.54. The molecule has 1 aromatic heterocycles. The molecule has 0 radical (unpaired) electrons. The Balaban J connectivity index is 2.42. The Kier molecular flexibility index (Phi) is 4.72. The highest BCUT2D eigenvalue weighted by Crippen LogP contribution is 2.31. The summed E-state index contributed by atoms with van der Waals surface area (Å²) in [5.41, 5.74) is 0. The number of nitrogens with zero attached hydrogens (tertiary/aromatic N) is 1. The van der Waals surface area contributed by atoms with E-state index in [1.165, 1.54) is 10.4 Å². The Morgan fingerprint density at radius 2 is 2.24 bits per heavy atom. The molecule has 0 amide bonds. The van der Waals surface area contributed by atoms with Crippen LogP contribution in [0.25, 0.3) is 0 Å². The number of rotatable bonds is 4. The second kappa shape index (κ2) is 6.04. The van der Waals surface area contributed by atoms with Gasteiger partial charge >= 0.3 is 5.97 Å². The number of morpholine rings is 1. The maximum Gasteiger partial charge on any atom is 0.345 e. The van der Waals surface area contributed by atoms with Crippen LogP contribution in [-0.4, -0.2) is 49.1 Å². The third kappa shape index (κ3) is 3.13. The summed E-state index contributed by atoms with van der Waals surface area (Å²) in [6, 6.07) is 1.05. The molecule has 6 nitrogen and oxygen atoms in total. The largest absolute Gasteiger partial charge is 0.477 e. The molecule has 2 atom stereocenters. The number of carboxylic acids is 1. The number of ether oxygens (including phenoxy) is 1. The van der Waals surface area contributed by atoms with E-state index in [1.807, 2.05) is 13.8 Å². The molecule has 1 saturated heterocycles. The van der Waals surface area contributed by atoms with Crippen molar-refractivity contribution >= 4 is 27.3 Å². The summed E-state index contributed by atoms with van der Waals surface area (Å²) in [7, 11) is -3.70. The maximum atomic E-state index is 12.8. The molecule has 0 spiro atoms. The molecule has 1 aliphatic rings. The van der Waals surface area contributed by atoms with Crippen molar-refractivity contribution < 1.29 is 23.1 Å². The molecule has 0 saturated carbocycles. The van der Waals surface area contributed by atoms with Gasteiger partial charge in [0, 0.05) is 17.5 Å². The number of aromatic carboxylic acids is 1. The number of thiophene rings is 1. The molecule has 1 fully saturated rings. The van der Waals surface area contributed by atoms with Gasteiger partial charge in [0.25, 0.3) is 0 Å². The van der Waals surface area contributed by atoms with Crippen molar-refractivity contribution in [1.82, 2.24) is 4.31 Å². The van der Waals surface area contributed by atoms with Gasteiger partial charge in [0.05, 0.1) is 17.6 Å². The lowest BCUT2D eigenvalue weighted by Crippen LogP contribution is -2.51. The lowest BCUT2D eigenvalue weighted by Gasteiger charge is -2.37. The SMILES string of the molecule is CCC1COC(C)CN1S(=O)(=O)c1cc(C(=O)O)sc1C. The van der Waals surface area contributed by atoms with Gasteiger partial charge < -0.3 is 9.84 Å². The fourth-order valence-electron chi connectivity index (χ4n) is 2.38. The predicted octanol–water partition coefficient (Wildman–Crippen LogP) is 1.94. The van der Waals surface area contributed by atoms with E-state index in [-0.39, 0.29) is 21.9 Å². The van der Waals surface area contributed by atoms with Gasteiger partial charge in [-0.1, -0.05) is 6.92 Å². The molecular weight excluding hydrogens is 314 g/mol. The van der Waals surface area contributed by atoms with Crippen LogP contribution in [0.1, 0.15) is 34.8 Å². The van der Waals surface area contributed by atoms with Crippen LogP contribution in [0.5, 0.6) is 0 Å². The molecular formula is C13H19NO5S2. The summed E-state index contributed by atoms with van der Waals surface area (Å²) in [5, 5.41) is 9.02.